The number of pyridine rings is 3. The molecule has 0 saturated heterocycles. The molecule has 3 aromatic heterocycles. The Labute approximate surface area is 219 Å². The van der Waals surface area contributed by atoms with Gasteiger partial charge in [-0.05, 0) is 63.6 Å². The zero-order valence-electron chi connectivity index (χ0n) is 22.3. The second kappa shape index (κ2) is 9.91. The number of halogens is 3. The largest absolute Gasteiger partial charge is 0.487 e. The van der Waals surface area contributed by atoms with Gasteiger partial charge >= 0.3 is 0 Å². The summed E-state index contributed by atoms with van der Waals surface area (Å²) in [6.07, 6.45) is 2.75. The van der Waals surface area contributed by atoms with Gasteiger partial charge in [-0.15, -0.1) is 0 Å². The second-order valence-corrected chi connectivity index (χ2v) is 9.29. The quantitative estimate of drug-likeness (QED) is 0.390. The van der Waals surface area contributed by atoms with Gasteiger partial charge in [0.05, 0.1) is 14.0 Å². The summed E-state index contributed by atoms with van der Waals surface area (Å²) in [6.45, 7) is 3.61. The topological polar surface area (TPSA) is 86.3 Å². The predicted octanol–water partition coefficient (Wildman–Crippen LogP) is 4.74. The van der Waals surface area contributed by atoms with Gasteiger partial charge in [0.15, 0.2) is 0 Å². The summed E-state index contributed by atoms with van der Waals surface area (Å²) in [4.78, 5) is 30.8. The number of benzene rings is 1. The lowest BCUT2D eigenvalue weighted by Gasteiger charge is -2.20. The molecule has 192 valence electrons. The molecule has 0 unspecified atom stereocenters. The van der Waals surface area contributed by atoms with Gasteiger partial charge in [0.1, 0.15) is 34.8 Å². The van der Waals surface area contributed by atoms with Crippen molar-refractivity contribution in [3.63, 3.8) is 0 Å². The minimum absolute atomic E-state index is 0.158. The van der Waals surface area contributed by atoms with Crippen LogP contribution in [-0.4, -0.2) is 19.2 Å². The van der Waals surface area contributed by atoms with E-state index in [1.165, 1.54) is 47.5 Å². The number of hydrogen-bond donors (Lipinski definition) is 1. The van der Waals surface area contributed by atoms with E-state index in [4.69, 9.17) is 19.1 Å². The zero-order valence-corrected chi connectivity index (χ0v) is 21.1. The van der Waals surface area contributed by atoms with Crippen LogP contribution in [0.1, 0.15) is 39.0 Å². The lowest BCUT2D eigenvalue weighted by molar-refractivity contribution is 0.0767. The molecule has 0 saturated carbocycles. The maximum atomic E-state index is 14.2. The molecule has 1 N–H and O–H groups in total. The number of nitrogens with zero attached hydrogens (tertiary/aromatic N) is 3. The number of aryl methyl sites for hydroxylation is 2. The standard InChI is InChI=1S/C27H24ClF2N3O4/c1-15-13-31-23(33-16(2)5-8-19(25(33)34)27(3,4)36)12-21(15)32-10-9-22(24(28)26(32)35)37-14-17-6-7-18(29)11-20(17)30/h5-13,36H,14H2,1-4H3/i14D2. The van der Waals surface area contributed by atoms with Gasteiger partial charge < -0.3 is 9.84 Å². The molecule has 0 atom stereocenters. The molecule has 0 amide bonds. The van der Waals surface area contributed by atoms with E-state index in [-0.39, 0.29) is 17.1 Å². The van der Waals surface area contributed by atoms with Crippen LogP contribution in [0.5, 0.6) is 5.75 Å². The second-order valence-electron chi connectivity index (χ2n) is 8.91. The molecule has 0 spiro atoms. The van der Waals surface area contributed by atoms with Crippen molar-refractivity contribution in [3.05, 3.63) is 115 Å². The molecule has 4 rings (SSSR count). The third kappa shape index (κ3) is 5.19. The van der Waals surface area contributed by atoms with Gasteiger partial charge in [-0.3, -0.25) is 18.7 Å². The van der Waals surface area contributed by atoms with E-state index in [1.807, 2.05) is 0 Å². The number of ether oxygens (including phenoxy) is 1. The summed E-state index contributed by atoms with van der Waals surface area (Å²) in [5.74, 6) is -2.22. The lowest BCUT2D eigenvalue weighted by atomic mass is 9.99. The van der Waals surface area contributed by atoms with E-state index >= 15 is 0 Å². The number of aromatic nitrogens is 3. The molecule has 0 aliphatic rings. The fourth-order valence-electron chi connectivity index (χ4n) is 3.71. The highest BCUT2D eigenvalue weighted by molar-refractivity contribution is 6.31. The fraction of sp³-hybridized carbons (Fsp3) is 0.222. The summed E-state index contributed by atoms with van der Waals surface area (Å²) in [5.41, 5.74) is -1.65. The van der Waals surface area contributed by atoms with Crippen molar-refractivity contribution in [3.8, 4) is 17.3 Å². The van der Waals surface area contributed by atoms with Crippen molar-refractivity contribution >= 4 is 11.6 Å². The summed E-state index contributed by atoms with van der Waals surface area (Å²) >= 11 is 6.26. The first-order valence-corrected chi connectivity index (χ1v) is 11.5. The predicted molar refractivity (Wildman–Crippen MR) is 136 cm³/mol. The van der Waals surface area contributed by atoms with Crippen LogP contribution in [0.2, 0.25) is 5.02 Å². The van der Waals surface area contributed by atoms with Crippen LogP contribution in [0.3, 0.4) is 0 Å². The lowest BCUT2D eigenvalue weighted by Crippen LogP contribution is -2.32. The Morgan fingerprint density at radius 3 is 2.51 bits per heavy atom. The molecule has 0 radical (unpaired) electrons. The highest BCUT2D eigenvalue weighted by Gasteiger charge is 2.23. The van der Waals surface area contributed by atoms with Gasteiger partial charge in [0, 0.05) is 41.3 Å². The van der Waals surface area contributed by atoms with E-state index in [9.17, 15) is 23.5 Å². The minimum Gasteiger partial charge on any atom is -0.487 e. The maximum absolute atomic E-state index is 14.2. The Kier molecular flexibility index (Phi) is 6.31. The Morgan fingerprint density at radius 2 is 1.84 bits per heavy atom. The van der Waals surface area contributed by atoms with Crippen molar-refractivity contribution in [1.82, 2.24) is 14.1 Å². The summed E-state index contributed by atoms with van der Waals surface area (Å²) in [7, 11) is 0. The SMILES string of the molecule is [2H]C([2H])(Oc1ccn(-c2cc(-n3c(C)ccc(C(C)(C)O)c3=O)ncc2C)c(=O)c1Cl)c1ccc(F)cc1F. The Morgan fingerprint density at radius 1 is 1.11 bits per heavy atom. The Balaban J connectivity index is 1.78. The molecule has 4 aromatic rings. The van der Waals surface area contributed by atoms with E-state index < -0.39 is 45.5 Å². The molecule has 10 heteroatoms. The first-order chi connectivity index (χ1) is 18.1. The van der Waals surface area contributed by atoms with E-state index in [2.05, 4.69) is 4.98 Å². The van der Waals surface area contributed by atoms with Crippen LogP contribution in [0.4, 0.5) is 8.78 Å². The third-order valence-electron chi connectivity index (χ3n) is 5.69. The number of rotatable bonds is 6. The van der Waals surface area contributed by atoms with E-state index in [0.717, 1.165) is 12.1 Å². The van der Waals surface area contributed by atoms with Crippen LogP contribution < -0.4 is 15.9 Å². The van der Waals surface area contributed by atoms with E-state index in [0.29, 0.717) is 23.0 Å². The van der Waals surface area contributed by atoms with Crippen molar-refractivity contribution in [2.75, 3.05) is 0 Å². The highest BCUT2D eigenvalue weighted by atomic mass is 35.5. The maximum Gasteiger partial charge on any atom is 0.277 e. The van der Waals surface area contributed by atoms with Crippen LogP contribution in [0.15, 0.2) is 64.4 Å². The van der Waals surface area contributed by atoms with Gasteiger partial charge in [0.2, 0.25) is 0 Å². The summed E-state index contributed by atoms with van der Waals surface area (Å²) in [5, 5.41) is 9.93. The van der Waals surface area contributed by atoms with Crippen LogP contribution >= 0.6 is 11.6 Å². The molecule has 37 heavy (non-hydrogen) atoms. The van der Waals surface area contributed by atoms with Crippen molar-refractivity contribution < 1.29 is 21.4 Å². The normalized spacial score (nSPS) is 12.8. The zero-order chi connectivity index (χ0) is 28.9. The molecular weight excluding hydrogens is 504 g/mol. The van der Waals surface area contributed by atoms with Crippen LogP contribution in [0, 0.1) is 25.5 Å². The molecule has 7 nitrogen and oxygen atoms in total. The van der Waals surface area contributed by atoms with Crippen molar-refractivity contribution in [2.24, 2.45) is 0 Å². The van der Waals surface area contributed by atoms with Crippen LogP contribution in [-0.2, 0) is 12.2 Å². The van der Waals surface area contributed by atoms with Gasteiger partial charge in [-0.1, -0.05) is 11.6 Å². The summed E-state index contributed by atoms with van der Waals surface area (Å²) in [6, 6.07) is 8.25. The molecular formula is C27H24ClF2N3O4. The Hall–Kier alpha value is -3.82. The molecule has 0 fully saturated rings. The highest BCUT2D eigenvalue weighted by Crippen LogP contribution is 2.25. The Bertz CT molecular complexity index is 1720. The van der Waals surface area contributed by atoms with Gasteiger partial charge in [0.25, 0.3) is 11.1 Å². The monoisotopic (exact) mass is 529 g/mol. The van der Waals surface area contributed by atoms with Crippen molar-refractivity contribution in [1.29, 1.82) is 0 Å². The van der Waals surface area contributed by atoms with Gasteiger partial charge in [-0.2, -0.15) is 0 Å². The molecule has 0 aliphatic heterocycles. The van der Waals surface area contributed by atoms with E-state index in [1.54, 1.807) is 26.0 Å². The molecule has 0 bridgehead atoms. The molecule has 0 aliphatic carbocycles. The van der Waals surface area contributed by atoms with Crippen LogP contribution in [0.25, 0.3) is 11.5 Å². The average Bonchev–Trinajstić information content (AvgIpc) is 2.82. The smallest absolute Gasteiger partial charge is 0.277 e. The number of hydrogen-bond acceptors (Lipinski definition) is 5. The molecule has 3 heterocycles. The number of aliphatic hydroxyl groups is 1. The first kappa shape index (κ1) is 23.6. The summed E-state index contributed by atoms with van der Waals surface area (Å²) < 4.78 is 51.4. The average molecular weight is 530 g/mol. The van der Waals surface area contributed by atoms with Crippen molar-refractivity contribution in [2.45, 2.75) is 39.9 Å². The molecule has 1 aromatic carbocycles. The fourth-order valence-corrected chi connectivity index (χ4v) is 3.90. The minimum atomic E-state index is -2.77. The van der Waals surface area contributed by atoms with Gasteiger partial charge in [-0.25, -0.2) is 13.8 Å². The third-order valence-corrected chi connectivity index (χ3v) is 6.03. The first-order valence-electron chi connectivity index (χ1n) is 12.1.